The second kappa shape index (κ2) is 6.10. The molecule has 2 aromatic rings. The molecule has 0 atom stereocenters. The van der Waals surface area contributed by atoms with Crippen LogP contribution in [0, 0.1) is 13.8 Å². The maximum atomic E-state index is 12.2. The van der Waals surface area contributed by atoms with Gasteiger partial charge in [0.1, 0.15) is 0 Å². The molecule has 0 saturated heterocycles. The molecule has 3 rings (SSSR count). The van der Waals surface area contributed by atoms with Crippen LogP contribution in [0.25, 0.3) is 0 Å². The summed E-state index contributed by atoms with van der Waals surface area (Å²) in [5.74, 6) is 1.55. The molecule has 0 saturated carbocycles. The molecular weight excluding hydrogens is 278 g/mol. The van der Waals surface area contributed by atoms with E-state index in [1.54, 1.807) is 0 Å². The van der Waals surface area contributed by atoms with Crippen LogP contribution in [0.3, 0.4) is 0 Å². The van der Waals surface area contributed by atoms with Crippen LogP contribution < -0.4 is 14.8 Å². The van der Waals surface area contributed by atoms with Crippen LogP contribution in [0.1, 0.15) is 23.1 Å². The monoisotopic (exact) mass is 297 g/mol. The third-order valence-electron chi connectivity index (χ3n) is 3.82. The van der Waals surface area contributed by atoms with Crippen LogP contribution in [0.15, 0.2) is 36.4 Å². The predicted molar refractivity (Wildman–Crippen MR) is 85.4 cm³/mol. The number of fused-ring (bicyclic) bond motifs is 1. The van der Waals surface area contributed by atoms with Gasteiger partial charge in [0, 0.05) is 12.1 Å². The smallest absolute Gasteiger partial charge is 0.231 e. The first kappa shape index (κ1) is 14.4. The molecule has 1 heterocycles. The SMILES string of the molecule is Cc1cccc(C)c1NC(=O)CCc1ccc2c(c1)OCO2. The lowest BCUT2D eigenvalue weighted by molar-refractivity contribution is -0.116. The number of rotatable bonds is 4. The first-order chi connectivity index (χ1) is 10.6. The number of benzene rings is 2. The van der Waals surface area contributed by atoms with E-state index in [9.17, 15) is 4.79 Å². The van der Waals surface area contributed by atoms with E-state index in [-0.39, 0.29) is 12.7 Å². The fourth-order valence-corrected chi connectivity index (χ4v) is 2.57. The molecule has 0 bridgehead atoms. The molecule has 4 nitrogen and oxygen atoms in total. The molecule has 2 aromatic carbocycles. The van der Waals surface area contributed by atoms with E-state index < -0.39 is 0 Å². The van der Waals surface area contributed by atoms with Crippen molar-refractivity contribution < 1.29 is 14.3 Å². The minimum Gasteiger partial charge on any atom is -0.454 e. The number of para-hydroxylation sites is 1. The zero-order chi connectivity index (χ0) is 15.5. The number of ether oxygens (including phenoxy) is 2. The fraction of sp³-hybridized carbons (Fsp3) is 0.278. The van der Waals surface area contributed by atoms with Gasteiger partial charge in [0.05, 0.1) is 0 Å². The molecule has 4 heteroatoms. The van der Waals surface area contributed by atoms with Gasteiger partial charge in [-0.15, -0.1) is 0 Å². The summed E-state index contributed by atoms with van der Waals surface area (Å²) in [7, 11) is 0. The van der Waals surface area contributed by atoms with Crippen LogP contribution in [0.4, 0.5) is 5.69 Å². The number of hydrogen-bond donors (Lipinski definition) is 1. The van der Waals surface area contributed by atoms with Crippen molar-refractivity contribution in [3.05, 3.63) is 53.1 Å². The molecule has 1 aliphatic heterocycles. The summed E-state index contributed by atoms with van der Waals surface area (Å²) in [4.78, 5) is 12.2. The Morgan fingerprint density at radius 3 is 2.59 bits per heavy atom. The van der Waals surface area contributed by atoms with Crippen LogP contribution in [-0.4, -0.2) is 12.7 Å². The van der Waals surface area contributed by atoms with Gasteiger partial charge in [0.25, 0.3) is 0 Å². The van der Waals surface area contributed by atoms with E-state index in [4.69, 9.17) is 9.47 Å². The van der Waals surface area contributed by atoms with Gasteiger partial charge in [0.15, 0.2) is 11.5 Å². The van der Waals surface area contributed by atoms with Gasteiger partial charge in [-0.25, -0.2) is 0 Å². The van der Waals surface area contributed by atoms with Gasteiger partial charge in [0.2, 0.25) is 12.7 Å². The van der Waals surface area contributed by atoms with Crippen molar-refractivity contribution in [2.24, 2.45) is 0 Å². The summed E-state index contributed by atoms with van der Waals surface area (Å²) < 4.78 is 10.6. The van der Waals surface area contributed by atoms with Gasteiger partial charge in [-0.2, -0.15) is 0 Å². The lowest BCUT2D eigenvalue weighted by Gasteiger charge is -2.11. The highest BCUT2D eigenvalue weighted by molar-refractivity contribution is 5.92. The summed E-state index contributed by atoms with van der Waals surface area (Å²) >= 11 is 0. The third-order valence-corrected chi connectivity index (χ3v) is 3.82. The quantitative estimate of drug-likeness (QED) is 0.938. The zero-order valence-corrected chi connectivity index (χ0v) is 12.8. The van der Waals surface area contributed by atoms with Crippen molar-refractivity contribution in [1.29, 1.82) is 0 Å². The second-order valence-corrected chi connectivity index (χ2v) is 5.50. The molecule has 0 fully saturated rings. The maximum Gasteiger partial charge on any atom is 0.231 e. The van der Waals surface area contributed by atoms with Crippen molar-refractivity contribution >= 4 is 11.6 Å². The highest BCUT2D eigenvalue weighted by atomic mass is 16.7. The highest BCUT2D eigenvalue weighted by Gasteiger charge is 2.14. The van der Waals surface area contributed by atoms with Gasteiger partial charge >= 0.3 is 0 Å². The third kappa shape index (κ3) is 3.06. The molecule has 1 aliphatic rings. The lowest BCUT2D eigenvalue weighted by Crippen LogP contribution is -2.14. The predicted octanol–water partition coefficient (Wildman–Crippen LogP) is 3.60. The summed E-state index contributed by atoms with van der Waals surface area (Å²) in [5, 5.41) is 3.01. The Balaban J connectivity index is 1.61. The Kier molecular flexibility index (Phi) is 4.00. The minimum atomic E-state index is 0.0232. The number of carbonyl (C=O) groups excluding carboxylic acids is 1. The zero-order valence-electron chi connectivity index (χ0n) is 12.8. The second-order valence-electron chi connectivity index (χ2n) is 5.50. The Morgan fingerprint density at radius 1 is 1.09 bits per heavy atom. The molecule has 114 valence electrons. The van der Waals surface area contributed by atoms with Crippen molar-refractivity contribution in [1.82, 2.24) is 0 Å². The minimum absolute atomic E-state index is 0.0232. The average molecular weight is 297 g/mol. The average Bonchev–Trinajstić information content (AvgIpc) is 2.96. The van der Waals surface area contributed by atoms with Crippen LogP contribution in [-0.2, 0) is 11.2 Å². The van der Waals surface area contributed by atoms with E-state index in [1.807, 2.05) is 50.2 Å². The molecule has 0 unspecified atom stereocenters. The maximum absolute atomic E-state index is 12.2. The van der Waals surface area contributed by atoms with E-state index in [1.165, 1.54) is 0 Å². The fourth-order valence-electron chi connectivity index (χ4n) is 2.57. The Bertz CT molecular complexity index is 689. The summed E-state index contributed by atoms with van der Waals surface area (Å²) in [6, 6.07) is 11.8. The van der Waals surface area contributed by atoms with E-state index in [2.05, 4.69) is 5.32 Å². The molecule has 0 aliphatic carbocycles. The van der Waals surface area contributed by atoms with Gasteiger partial charge < -0.3 is 14.8 Å². The van der Waals surface area contributed by atoms with Crippen molar-refractivity contribution in [2.75, 3.05) is 12.1 Å². The van der Waals surface area contributed by atoms with Crippen LogP contribution in [0.5, 0.6) is 11.5 Å². The van der Waals surface area contributed by atoms with E-state index in [0.29, 0.717) is 12.8 Å². The standard InChI is InChI=1S/C18H19NO3/c1-12-4-3-5-13(2)18(12)19-17(20)9-7-14-6-8-15-16(10-14)22-11-21-15/h3-6,8,10H,7,9,11H2,1-2H3,(H,19,20). The molecular formula is C18H19NO3. The van der Waals surface area contributed by atoms with Gasteiger partial charge in [-0.3, -0.25) is 4.79 Å². The van der Waals surface area contributed by atoms with E-state index in [0.717, 1.165) is 33.9 Å². The normalized spacial score (nSPS) is 12.3. The Labute approximate surface area is 130 Å². The number of hydrogen-bond acceptors (Lipinski definition) is 3. The number of amides is 1. The highest BCUT2D eigenvalue weighted by Crippen LogP contribution is 2.32. The van der Waals surface area contributed by atoms with Gasteiger partial charge in [-0.05, 0) is 49.1 Å². The van der Waals surface area contributed by atoms with Crippen molar-refractivity contribution in [3.8, 4) is 11.5 Å². The van der Waals surface area contributed by atoms with Gasteiger partial charge in [-0.1, -0.05) is 24.3 Å². The number of aryl methyl sites for hydroxylation is 3. The molecule has 1 amide bonds. The Hall–Kier alpha value is -2.49. The summed E-state index contributed by atoms with van der Waals surface area (Å²) in [6.07, 6.45) is 1.11. The van der Waals surface area contributed by atoms with Crippen molar-refractivity contribution in [3.63, 3.8) is 0 Å². The lowest BCUT2D eigenvalue weighted by atomic mass is 10.1. The number of nitrogens with one attached hydrogen (secondary N) is 1. The molecule has 0 spiro atoms. The first-order valence-corrected chi connectivity index (χ1v) is 7.38. The molecule has 0 aromatic heterocycles. The van der Waals surface area contributed by atoms with E-state index >= 15 is 0 Å². The molecule has 0 radical (unpaired) electrons. The van der Waals surface area contributed by atoms with Crippen molar-refractivity contribution in [2.45, 2.75) is 26.7 Å². The summed E-state index contributed by atoms with van der Waals surface area (Å²) in [5.41, 5.74) is 4.15. The topological polar surface area (TPSA) is 47.6 Å². The molecule has 22 heavy (non-hydrogen) atoms. The largest absolute Gasteiger partial charge is 0.454 e. The van der Waals surface area contributed by atoms with Crippen LogP contribution >= 0.6 is 0 Å². The Morgan fingerprint density at radius 2 is 1.82 bits per heavy atom. The number of carbonyl (C=O) groups is 1. The molecule has 1 N–H and O–H groups in total. The van der Waals surface area contributed by atoms with Crippen LogP contribution in [0.2, 0.25) is 0 Å². The number of anilines is 1. The summed E-state index contributed by atoms with van der Waals surface area (Å²) in [6.45, 7) is 4.27. The first-order valence-electron chi connectivity index (χ1n) is 7.38.